The van der Waals surface area contributed by atoms with Gasteiger partial charge in [-0.3, -0.25) is 0 Å². The third-order valence-electron chi connectivity index (χ3n) is 9.05. The first kappa shape index (κ1) is 32.7. The highest BCUT2D eigenvalue weighted by Gasteiger charge is 2.72. The maximum Gasteiger partial charge on any atom is 0.411 e. The molecule has 7 aromatic rings. The topological polar surface area (TPSA) is 52.1 Å². The van der Waals surface area contributed by atoms with Gasteiger partial charge in [0.05, 0.1) is 0 Å². The first-order valence-corrected chi connectivity index (χ1v) is 15.7. The average Bonchev–Trinajstić information content (AvgIpc) is 3.60. The number of alkyl halides is 6. The van der Waals surface area contributed by atoms with Crippen LogP contribution in [0.3, 0.4) is 0 Å². The molecule has 2 aromatic heterocycles. The molecule has 0 atom stereocenters. The van der Waals surface area contributed by atoms with E-state index in [-0.39, 0.29) is 16.9 Å². The van der Waals surface area contributed by atoms with Crippen molar-refractivity contribution in [3.8, 4) is 11.5 Å². The van der Waals surface area contributed by atoms with Gasteiger partial charge in [-0.05, 0) is 92.2 Å². The summed E-state index contributed by atoms with van der Waals surface area (Å²) in [5.74, 6) is 0.707. The molecule has 0 unspecified atom stereocenters. The van der Waals surface area contributed by atoms with Crippen molar-refractivity contribution in [1.82, 2.24) is 9.97 Å². The van der Waals surface area contributed by atoms with Crippen molar-refractivity contribution >= 4 is 43.7 Å². The summed E-state index contributed by atoms with van der Waals surface area (Å²) in [5.41, 5.74) is -3.66. The van der Waals surface area contributed by atoms with Crippen LogP contribution in [0.4, 0.5) is 26.3 Å². The van der Waals surface area contributed by atoms with Crippen molar-refractivity contribution in [2.45, 2.75) is 70.1 Å². The number of benzene rings is 5. The van der Waals surface area contributed by atoms with E-state index in [0.717, 1.165) is 51.3 Å². The highest BCUT2D eigenvalue weighted by Crippen LogP contribution is 2.56. The number of rotatable bonds is 3. The second-order valence-corrected chi connectivity index (χ2v) is 14.6. The molecule has 7 rings (SSSR count). The smallest absolute Gasteiger partial charge is 0.411 e. The third kappa shape index (κ3) is 5.32. The van der Waals surface area contributed by atoms with E-state index in [2.05, 4.69) is 9.97 Å². The Morgan fingerprint density at radius 1 is 0.469 bits per heavy atom. The molecular weight excluding hydrogens is 642 g/mol. The average molecular weight is 675 g/mol. The lowest BCUT2D eigenvalue weighted by molar-refractivity contribution is -0.288. The van der Waals surface area contributed by atoms with Gasteiger partial charge in [0.15, 0.2) is 11.2 Å². The van der Waals surface area contributed by atoms with Crippen LogP contribution in [0.25, 0.3) is 55.2 Å². The summed E-state index contributed by atoms with van der Waals surface area (Å²) in [4.78, 5) is 9.19. The molecule has 10 heteroatoms. The fourth-order valence-electron chi connectivity index (χ4n) is 6.36. The Balaban J connectivity index is 1.29. The summed E-state index contributed by atoms with van der Waals surface area (Å²) in [6.07, 6.45) is -11.4. The number of nitrogens with zero attached hydrogens (tertiary/aromatic N) is 2. The minimum atomic E-state index is -5.69. The molecule has 0 spiro atoms. The van der Waals surface area contributed by atoms with Crippen LogP contribution in [0.1, 0.15) is 64.1 Å². The summed E-state index contributed by atoms with van der Waals surface area (Å²) < 4.78 is 101. The van der Waals surface area contributed by atoms with Gasteiger partial charge in [-0.1, -0.05) is 77.9 Å². The Morgan fingerprint density at radius 3 is 1.37 bits per heavy atom. The predicted octanol–water partition coefficient (Wildman–Crippen LogP) is 11.9. The number of hydrogen-bond acceptors (Lipinski definition) is 4. The van der Waals surface area contributed by atoms with Crippen LogP contribution in [0.15, 0.2) is 93.8 Å². The van der Waals surface area contributed by atoms with E-state index in [4.69, 9.17) is 8.83 Å². The van der Waals surface area contributed by atoms with Crippen molar-refractivity contribution in [2.24, 2.45) is 0 Å². The van der Waals surface area contributed by atoms with Gasteiger partial charge >= 0.3 is 12.4 Å². The van der Waals surface area contributed by atoms with Crippen LogP contribution in [-0.4, -0.2) is 22.3 Å². The standard InChI is InChI=1S/C39H32F6N2O2/c1-35(2,3)26-11-13-28(14-12-26)37(38(40,41)42,39(43,44)45)27-9-7-21(8-10-27)33-46-29-17-22-15-23-18-30-32(49-34(47-30)36(4,5)6)20-25(23)16-24(22)19-31(29)48-33/h7-20H,1-6H3. The van der Waals surface area contributed by atoms with Crippen LogP contribution in [0.2, 0.25) is 0 Å². The van der Waals surface area contributed by atoms with Crippen LogP contribution in [0.5, 0.6) is 0 Å². The first-order valence-electron chi connectivity index (χ1n) is 15.7. The minimum Gasteiger partial charge on any atom is -0.440 e. The Kier molecular flexibility index (Phi) is 7.05. The van der Waals surface area contributed by atoms with E-state index >= 15 is 0 Å². The Morgan fingerprint density at radius 2 is 0.898 bits per heavy atom. The van der Waals surface area contributed by atoms with Gasteiger partial charge in [0, 0.05) is 11.0 Å². The molecule has 49 heavy (non-hydrogen) atoms. The molecule has 0 saturated carbocycles. The maximum absolute atomic E-state index is 14.7. The van der Waals surface area contributed by atoms with Crippen molar-refractivity contribution in [3.63, 3.8) is 0 Å². The van der Waals surface area contributed by atoms with Gasteiger partial charge in [0.2, 0.25) is 17.2 Å². The lowest BCUT2D eigenvalue weighted by Gasteiger charge is -2.38. The van der Waals surface area contributed by atoms with Crippen LogP contribution < -0.4 is 0 Å². The molecule has 2 heterocycles. The van der Waals surface area contributed by atoms with Crippen LogP contribution in [-0.2, 0) is 16.2 Å². The normalized spacial score (nSPS) is 13.7. The highest BCUT2D eigenvalue weighted by atomic mass is 19.4. The van der Waals surface area contributed by atoms with Crippen LogP contribution in [0, 0.1) is 0 Å². The summed E-state index contributed by atoms with van der Waals surface area (Å²) in [5, 5.41) is 3.59. The second kappa shape index (κ2) is 10.6. The van der Waals surface area contributed by atoms with Crippen molar-refractivity contribution in [1.29, 1.82) is 0 Å². The number of hydrogen-bond donors (Lipinski definition) is 0. The second-order valence-electron chi connectivity index (χ2n) is 14.6. The number of aromatic nitrogens is 2. The maximum atomic E-state index is 14.7. The quantitative estimate of drug-likeness (QED) is 0.138. The molecule has 0 aliphatic rings. The van der Waals surface area contributed by atoms with Gasteiger partial charge in [-0.15, -0.1) is 0 Å². The lowest BCUT2D eigenvalue weighted by atomic mass is 9.72. The fourth-order valence-corrected chi connectivity index (χ4v) is 6.36. The summed E-state index contributed by atoms with van der Waals surface area (Å²) in [7, 11) is 0. The number of halogens is 6. The van der Waals surface area contributed by atoms with Gasteiger partial charge in [-0.2, -0.15) is 26.3 Å². The minimum absolute atomic E-state index is 0.0666. The molecule has 252 valence electrons. The highest BCUT2D eigenvalue weighted by molar-refractivity contribution is 6.06. The van der Waals surface area contributed by atoms with E-state index in [1.165, 1.54) is 24.3 Å². The SMILES string of the molecule is CC(C)(C)c1ccc(C(c2ccc(-c3nc4cc5cc6cc7nc(C(C)(C)C)oc7cc6cc5cc4o3)cc2)(C(F)(F)F)C(F)(F)F)cc1. The monoisotopic (exact) mass is 674 g/mol. The molecule has 0 radical (unpaired) electrons. The Bertz CT molecular complexity index is 2260. The zero-order valence-electron chi connectivity index (χ0n) is 27.6. The molecule has 0 aliphatic carbocycles. The fraction of sp³-hybridized carbons (Fsp3) is 0.282. The van der Waals surface area contributed by atoms with Crippen molar-refractivity contribution < 1.29 is 35.2 Å². The Hall–Kier alpha value is -4.86. The molecule has 4 nitrogen and oxygen atoms in total. The summed E-state index contributed by atoms with van der Waals surface area (Å²) >= 11 is 0. The lowest BCUT2D eigenvalue weighted by Crippen LogP contribution is -2.54. The molecule has 5 aromatic carbocycles. The van der Waals surface area contributed by atoms with Gasteiger partial charge in [-0.25, -0.2) is 9.97 Å². The van der Waals surface area contributed by atoms with E-state index < -0.39 is 34.3 Å². The third-order valence-corrected chi connectivity index (χ3v) is 9.05. The van der Waals surface area contributed by atoms with Gasteiger partial charge in [0.1, 0.15) is 11.0 Å². The number of oxazole rings is 2. The van der Waals surface area contributed by atoms with Gasteiger partial charge in [0.25, 0.3) is 0 Å². The molecule has 0 saturated heterocycles. The largest absolute Gasteiger partial charge is 0.440 e. The van der Waals surface area contributed by atoms with Gasteiger partial charge < -0.3 is 8.83 Å². The molecule has 0 bridgehead atoms. The predicted molar refractivity (Wildman–Crippen MR) is 179 cm³/mol. The van der Waals surface area contributed by atoms with Crippen molar-refractivity contribution in [3.05, 3.63) is 108 Å². The van der Waals surface area contributed by atoms with E-state index in [1.54, 1.807) is 6.07 Å². The molecule has 0 fully saturated rings. The van der Waals surface area contributed by atoms with E-state index in [9.17, 15) is 26.3 Å². The van der Waals surface area contributed by atoms with E-state index in [0.29, 0.717) is 28.1 Å². The molecule has 0 aliphatic heterocycles. The molecule has 0 amide bonds. The summed E-state index contributed by atoms with van der Waals surface area (Å²) in [6.45, 7) is 11.6. The summed E-state index contributed by atoms with van der Waals surface area (Å²) in [6, 6.07) is 20.0. The number of fused-ring (bicyclic) bond motifs is 4. The Labute approximate surface area is 277 Å². The van der Waals surface area contributed by atoms with Crippen molar-refractivity contribution in [2.75, 3.05) is 0 Å². The zero-order chi connectivity index (χ0) is 35.3. The first-order chi connectivity index (χ1) is 22.8. The molecule has 0 N–H and O–H groups in total. The zero-order valence-corrected chi connectivity index (χ0v) is 27.6. The van der Waals surface area contributed by atoms with E-state index in [1.807, 2.05) is 71.9 Å². The van der Waals surface area contributed by atoms with Crippen LogP contribution >= 0.6 is 0 Å². The molecular formula is C39H32F6N2O2.